The molecule has 20 heavy (non-hydrogen) atoms. The normalized spacial score (nSPS) is 16.4. The SMILES string of the molecule is O=C(NCC1(c2ccccc2)CCC1)c1ccc(Cl)s1. The van der Waals surface area contributed by atoms with Crippen molar-refractivity contribution in [1.82, 2.24) is 5.32 Å². The molecule has 0 aliphatic heterocycles. The second-order valence-corrected chi connectivity index (χ2v) is 7.00. The molecule has 2 nitrogen and oxygen atoms in total. The largest absolute Gasteiger partial charge is 0.350 e. The van der Waals surface area contributed by atoms with Gasteiger partial charge in [0.25, 0.3) is 5.91 Å². The molecule has 0 atom stereocenters. The Labute approximate surface area is 127 Å². The molecule has 104 valence electrons. The van der Waals surface area contributed by atoms with Gasteiger partial charge in [-0.15, -0.1) is 11.3 Å². The Kier molecular flexibility index (Phi) is 3.81. The molecule has 4 heteroatoms. The Morgan fingerprint density at radius 2 is 1.95 bits per heavy atom. The summed E-state index contributed by atoms with van der Waals surface area (Å²) >= 11 is 7.19. The molecule has 3 rings (SSSR count). The van der Waals surface area contributed by atoms with E-state index in [9.17, 15) is 4.79 Å². The van der Waals surface area contributed by atoms with Crippen molar-refractivity contribution in [2.45, 2.75) is 24.7 Å². The monoisotopic (exact) mass is 305 g/mol. The Bertz CT molecular complexity index is 604. The lowest BCUT2D eigenvalue weighted by atomic mass is 9.64. The van der Waals surface area contributed by atoms with E-state index < -0.39 is 0 Å². The maximum absolute atomic E-state index is 12.1. The fraction of sp³-hybridized carbons (Fsp3) is 0.312. The maximum atomic E-state index is 12.1. The Morgan fingerprint density at radius 3 is 2.50 bits per heavy atom. The van der Waals surface area contributed by atoms with E-state index in [4.69, 9.17) is 11.6 Å². The number of rotatable bonds is 4. The van der Waals surface area contributed by atoms with Crippen LogP contribution in [-0.4, -0.2) is 12.5 Å². The van der Waals surface area contributed by atoms with Crippen LogP contribution in [0.4, 0.5) is 0 Å². The van der Waals surface area contributed by atoms with Gasteiger partial charge in [0.05, 0.1) is 9.21 Å². The second kappa shape index (κ2) is 5.58. The smallest absolute Gasteiger partial charge is 0.261 e. The molecule has 1 N–H and O–H groups in total. The molecule has 0 saturated heterocycles. The van der Waals surface area contributed by atoms with E-state index >= 15 is 0 Å². The first kappa shape index (κ1) is 13.7. The second-order valence-electron chi connectivity index (χ2n) is 5.29. The quantitative estimate of drug-likeness (QED) is 0.899. The lowest BCUT2D eigenvalue weighted by molar-refractivity contribution is 0.0932. The third-order valence-electron chi connectivity index (χ3n) is 4.08. The summed E-state index contributed by atoms with van der Waals surface area (Å²) in [6, 6.07) is 14.0. The Morgan fingerprint density at radius 1 is 1.20 bits per heavy atom. The van der Waals surface area contributed by atoms with Gasteiger partial charge in [-0.1, -0.05) is 48.4 Å². The highest BCUT2D eigenvalue weighted by Crippen LogP contribution is 2.43. The first-order valence-corrected chi connectivity index (χ1v) is 7.98. The van der Waals surface area contributed by atoms with Gasteiger partial charge < -0.3 is 5.32 Å². The minimum Gasteiger partial charge on any atom is -0.350 e. The third kappa shape index (κ3) is 2.60. The minimum absolute atomic E-state index is 0.0240. The molecule has 1 heterocycles. The lowest BCUT2D eigenvalue weighted by Crippen LogP contribution is -2.45. The van der Waals surface area contributed by atoms with Gasteiger partial charge in [-0.2, -0.15) is 0 Å². The van der Waals surface area contributed by atoms with Gasteiger partial charge in [-0.3, -0.25) is 4.79 Å². The van der Waals surface area contributed by atoms with Crippen molar-refractivity contribution in [3.05, 3.63) is 57.2 Å². The molecule has 0 radical (unpaired) electrons. The molecular formula is C16H16ClNOS. The summed E-state index contributed by atoms with van der Waals surface area (Å²) in [5, 5.41) is 3.07. The fourth-order valence-electron chi connectivity index (χ4n) is 2.74. The van der Waals surface area contributed by atoms with Crippen LogP contribution in [0.25, 0.3) is 0 Å². The number of halogens is 1. The highest BCUT2D eigenvalue weighted by molar-refractivity contribution is 7.17. The van der Waals surface area contributed by atoms with Crippen LogP contribution in [0.1, 0.15) is 34.5 Å². The summed E-state index contributed by atoms with van der Waals surface area (Å²) in [5.74, 6) is -0.0240. The summed E-state index contributed by atoms with van der Waals surface area (Å²) in [7, 11) is 0. The van der Waals surface area contributed by atoms with E-state index in [1.165, 1.54) is 23.3 Å². The number of hydrogen-bond donors (Lipinski definition) is 1. The molecule has 1 amide bonds. The number of thiophene rings is 1. The molecule has 0 unspecified atom stereocenters. The molecule has 1 saturated carbocycles. The first-order valence-electron chi connectivity index (χ1n) is 6.79. The predicted octanol–water partition coefficient (Wildman–Crippen LogP) is 4.25. The molecule has 2 aromatic rings. The maximum Gasteiger partial charge on any atom is 0.261 e. The zero-order valence-electron chi connectivity index (χ0n) is 11.1. The van der Waals surface area contributed by atoms with Crippen LogP contribution >= 0.6 is 22.9 Å². The fourth-order valence-corrected chi connectivity index (χ4v) is 3.70. The van der Waals surface area contributed by atoms with Crippen LogP contribution in [0, 0.1) is 0 Å². The van der Waals surface area contributed by atoms with Gasteiger partial charge in [0.1, 0.15) is 0 Å². The molecule has 0 bridgehead atoms. The van der Waals surface area contributed by atoms with E-state index in [0.29, 0.717) is 15.8 Å². The van der Waals surface area contributed by atoms with E-state index in [1.807, 2.05) is 6.07 Å². The molecule has 1 aliphatic rings. The van der Waals surface area contributed by atoms with Crippen LogP contribution in [0.3, 0.4) is 0 Å². The van der Waals surface area contributed by atoms with Crippen molar-refractivity contribution in [1.29, 1.82) is 0 Å². The first-order chi connectivity index (χ1) is 9.70. The van der Waals surface area contributed by atoms with Crippen LogP contribution in [0.5, 0.6) is 0 Å². The summed E-state index contributed by atoms with van der Waals surface area (Å²) in [6.07, 6.45) is 3.51. The number of carbonyl (C=O) groups is 1. The number of benzene rings is 1. The molecule has 1 aromatic carbocycles. The summed E-state index contributed by atoms with van der Waals surface area (Å²) in [6.45, 7) is 0.700. The lowest BCUT2D eigenvalue weighted by Gasteiger charge is -2.42. The Balaban J connectivity index is 1.69. The van der Waals surface area contributed by atoms with Gasteiger partial charge in [-0.05, 0) is 30.5 Å². The average Bonchev–Trinajstić information content (AvgIpc) is 2.85. The summed E-state index contributed by atoms with van der Waals surface area (Å²) < 4.78 is 0.650. The zero-order chi connectivity index (χ0) is 14.0. The number of hydrogen-bond acceptors (Lipinski definition) is 2. The third-order valence-corrected chi connectivity index (χ3v) is 5.31. The Hall–Kier alpha value is -1.32. The summed E-state index contributed by atoms with van der Waals surface area (Å²) in [4.78, 5) is 12.8. The van der Waals surface area contributed by atoms with Gasteiger partial charge in [0, 0.05) is 12.0 Å². The van der Waals surface area contributed by atoms with Crippen LogP contribution in [0.15, 0.2) is 42.5 Å². The molecule has 1 fully saturated rings. The van der Waals surface area contributed by atoms with Crippen molar-refractivity contribution < 1.29 is 4.79 Å². The molecule has 1 aliphatic carbocycles. The van der Waals surface area contributed by atoms with Gasteiger partial charge in [0.15, 0.2) is 0 Å². The van der Waals surface area contributed by atoms with Crippen molar-refractivity contribution in [3.8, 4) is 0 Å². The van der Waals surface area contributed by atoms with Crippen molar-refractivity contribution in [2.75, 3.05) is 6.54 Å². The van der Waals surface area contributed by atoms with E-state index in [2.05, 4.69) is 29.6 Å². The van der Waals surface area contributed by atoms with Crippen LogP contribution in [-0.2, 0) is 5.41 Å². The standard InChI is InChI=1S/C16H16ClNOS/c17-14-8-7-13(20-14)15(19)18-11-16(9-4-10-16)12-5-2-1-3-6-12/h1-3,5-8H,4,9-11H2,(H,18,19). The minimum atomic E-state index is -0.0240. The number of carbonyl (C=O) groups excluding carboxylic acids is 1. The van der Waals surface area contributed by atoms with Crippen LogP contribution in [0.2, 0.25) is 4.34 Å². The van der Waals surface area contributed by atoms with Gasteiger partial charge in [0.2, 0.25) is 0 Å². The van der Waals surface area contributed by atoms with Crippen molar-refractivity contribution >= 4 is 28.8 Å². The topological polar surface area (TPSA) is 29.1 Å². The average molecular weight is 306 g/mol. The van der Waals surface area contributed by atoms with Gasteiger partial charge >= 0.3 is 0 Å². The summed E-state index contributed by atoms with van der Waals surface area (Å²) in [5.41, 5.74) is 1.45. The molecule has 0 spiro atoms. The number of nitrogens with one attached hydrogen (secondary N) is 1. The van der Waals surface area contributed by atoms with Crippen LogP contribution < -0.4 is 5.32 Å². The highest BCUT2D eigenvalue weighted by Gasteiger charge is 2.38. The van der Waals surface area contributed by atoms with E-state index in [-0.39, 0.29) is 11.3 Å². The van der Waals surface area contributed by atoms with E-state index in [0.717, 1.165) is 12.8 Å². The van der Waals surface area contributed by atoms with Crippen molar-refractivity contribution in [3.63, 3.8) is 0 Å². The van der Waals surface area contributed by atoms with E-state index in [1.54, 1.807) is 12.1 Å². The van der Waals surface area contributed by atoms with Crippen molar-refractivity contribution in [2.24, 2.45) is 0 Å². The number of amides is 1. The molecular weight excluding hydrogens is 290 g/mol. The molecule has 1 aromatic heterocycles. The van der Waals surface area contributed by atoms with Gasteiger partial charge in [-0.25, -0.2) is 0 Å². The highest BCUT2D eigenvalue weighted by atomic mass is 35.5. The predicted molar refractivity (Wildman–Crippen MR) is 83.6 cm³/mol. The zero-order valence-corrected chi connectivity index (χ0v) is 12.6.